The summed E-state index contributed by atoms with van der Waals surface area (Å²) in [6.07, 6.45) is 9.43. The molecule has 13 N–H and O–H groups in total. The lowest BCUT2D eigenvalue weighted by molar-refractivity contribution is -0.257. The Labute approximate surface area is 386 Å². The molecule has 0 aromatic heterocycles. The van der Waals surface area contributed by atoms with Crippen molar-refractivity contribution in [2.45, 2.75) is 209 Å². The number of carbonyl (C=O) groups excluding carboxylic acids is 1. The number of ether oxygens (including phenoxy) is 1. The Morgan fingerprint density at radius 3 is 2.45 bits per heavy atom. The minimum atomic E-state index is -1.86. The number of aliphatic hydroxyl groups is 9. The molecule has 6 aliphatic carbocycles. The number of Topliss-reactive ketones (excluding diaryl/α,β-unsaturated/α-hetero) is 1. The first kappa shape index (κ1) is 49.5. The SMILES string of the molecule is CCCC1CCC2OC3C(C(O)CCCC3(O)C(C)(O)C3CCC4(O)C5=C(NCC(C)O)C(=O)C6CC(O)C(O)CC6(CCC6=C(CCCO)NC(N)C=C6)C5CCC34CCO)C2CC1. The zero-order valence-corrected chi connectivity index (χ0v) is 39.3. The van der Waals surface area contributed by atoms with Crippen LogP contribution in [-0.2, 0) is 9.53 Å². The van der Waals surface area contributed by atoms with E-state index in [1.807, 2.05) is 12.2 Å². The molecule has 65 heavy (non-hydrogen) atoms. The number of ketones is 1. The van der Waals surface area contributed by atoms with Crippen LogP contribution in [0.5, 0.6) is 0 Å². The third-order valence-electron chi connectivity index (χ3n) is 19.1. The van der Waals surface area contributed by atoms with Crippen molar-refractivity contribution >= 4 is 5.78 Å². The summed E-state index contributed by atoms with van der Waals surface area (Å²) in [7, 11) is 0. The number of hydrogen-bond acceptors (Lipinski definition) is 14. The third-order valence-corrected chi connectivity index (χ3v) is 19.1. The highest BCUT2D eigenvalue weighted by molar-refractivity contribution is 6.00. The van der Waals surface area contributed by atoms with Gasteiger partial charge in [0.15, 0.2) is 5.78 Å². The molecule has 1 saturated heterocycles. The van der Waals surface area contributed by atoms with Crippen LogP contribution in [0.25, 0.3) is 0 Å². The minimum absolute atomic E-state index is 0.0106. The number of nitrogens with one attached hydrogen (secondary N) is 2. The van der Waals surface area contributed by atoms with Gasteiger partial charge in [0.05, 0.1) is 59.7 Å². The van der Waals surface area contributed by atoms with E-state index in [0.29, 0.717) is 62.9 Å². The molecule has 14 heteroatoms. The maximum absolute atomic E-state index is 15.4. The quantitative estimate of drug-likeness (QED) is 0.113. The van der Waals surface area contributed by atoms with Gasteiger partial charge in [0.1, 0.15) is 5.60 Å². The Balaban J connectivity index is 1.21. The second-order valence-electron chi connectivity index (χ2n) is 22.5. The van der Waals surface area contributed by atoms with E-state index in [-0.39, 0.29) is 87.7 Å². The van der Waals surface area contributed by atoms with Gasteiger partial charge in [-0.1, -0.05) is 32.3 Å². The van der Waals surface area contributed by atoms with Crippen LogP contribution in [0, 0.1) is 46.3 Å². The van der Waals surface area contributed by atoms with Crippen LogP contribution in [0.2, 0.25) is 0 Å². The van der Waals surface area contributed by atoms with Gasteiger partial charge in [-0.2, -0.15) is 0 Å². The fourth-order valence-corrected chi connectivity index (χ4v) is 16.1. The zero-order chi connectivity index (χ0) is 46.7. The fourth-order valence-electron chi connectivity index (χ4n) is 16.1. The normalized spacial score (nSPS) is 45.3. The number of dihydropyridines is 1. The standard InChI is InChI=1S/C51H83N3O11/c1-4-7-30-10-13-32-39(14-11-30)65-46-42(32)36(58)9-5-19-51(46,64)47(3,62)40-18-22-50(63)43-33(17-21-49(40,50)23-25-56)48(20-16-31-12-15-41(52)54-35(31)8-6-24-55)27-38(60)37(59)26-34(48)45(61)44(43)53-28-29(2)57/h12,15,29-30,32-34,36-42,46,53-60,62-64H,4-11,13-14,16-28,52H2,1-3H3. The molecule has 0 radical (unpaired) electrons. The summed E-state index contributed by atoms with van der Waals surface area (Å²) in [5.41, 5.74) is 1.30. The van der Waals surface area contributed by atoms with E-state index < -0.39 is 82.1 Å². The highest BCUT2D eigenvalue weighted by Crippen LogP contribution is 2.72. The second kappa shape index (κ2) is 19.1. The van der Waals surface area contributed by atoms with E-state index in [9.17, 15) is 46.0 Å². The van der Waals surface area contributed by atoms with Gasteiger partial charge in [-0.15, -0.1) is 0 Å². The summed E-state index contributed by atoms with van der Waals surface area (Å²) in [4.78, 5) is 15.4. The van der Waals surface area contributed by atoms with Crippen molar-refractivity contribution in [1.29, 1.82) is 0 Å². The molecule has 0 amide bonds. The van der Waals surface area contributed by atoms with E-state index in [1.165, 1.54) is 0 Å². The predicted molar refractivity (Wildman–Crippen MR) is 244 cm³/mol. The van der Waals surface area contributed by atoms with Crippen molar-refractivity contribution in [2.75, 3.05) is 19.8 Å². The van der Waals surface area contributed by atoms with E-state index >= 15 is 4.79 Å². The molecule has 2 heterocycles. The molecule has 18 unspecified atom stereocenters. The van der Waals surface area contributed by atoms with Gasteiger partial charge in [-0.25, -0.2) is 0 Å². The summed E-state index contributed by atoms with van der Waals surface area (Å²) >= 11 is 0. The molecule has 18 atom stereocenters. The Hall–Kier alpha value is -1.95. The fraction of sp³-hybridized carbons (Fsp3) is 0.863. The molecule has 368 valence electrons. The number of aliphatic hydroxyl groups excluding tert-OH is 6. The lowest BCUT2D eigenvalue weighted by Gasteiger charge is -2.64. The topological polar surface area (TPSA) is 258 Å². The van der Waals surface area contributed by atoms with E-state index in [4.69, 9.17) is 10.5 Å². The molecular formula is C51H83N3O11. The van der Waals surface area contributed by atoms with E-state index in [2.05, 4.69) is 17.6 Å². The molecule has 0 aromatic carbocycles. The molecule has 2 aliphatic heterocycles. The van der Waals surface area contributed by atoms with Crippen molar-refractivity contribution in [2.24, 2.45) is 52.1 Å². The first-order valence-corrected chi connectivity index (χ1v) is 25.6. The first-order chi connectivity index (χ1) is 30.9. The maximum atomic E-state index is 15.4. The van der Waals surface area contributed by atoms with Crippen LogP contribution >= 0.6 is 0 Å². The predicted octanol–water partition coefficient (Wildman–Crippen LogP) is 3.10. The molecule has 0 aromatic rings. The Morgan fingerprint density at radius 1 is 0.954 bits per heavy atom. The van der Waals surface area contributed by atoms with Crippen molar-refractivity contribution < 1.29 is 55.5 Å². The summed E-state index contributed by atoms with van der Waals surface area (Å²) in [5, 5.41) is 114. The van der Waals surface area contributed by atoms with Gasteiger partial charge in [0.25, 0.3) is 0 Å². The van der Waals surface area contributed by atoms with Gasteiger partial charge in [-0.3, -0.25) is 4.79 Å². The van der Waals surface area contributed by atoms with Crippen LogP contribution in [0.15, 0.2) is 34.7 Å². The summed E-state index contributed by atoms with van der Waals surface area (Å²) in [5.74, 6) is -1.95. The smallest absolute Gasteiger partial charge is 0.182 e. The van der Waals surface area contributed by atoms with Crippen molar-refractivity contribution in [3.63, 3.8) is 0 Å². The lowest BCUT2D eigenvalue weighted by Crippen LogP contribution is -2.69. The van der Waals surface area contributed by atoms with Gasteiger partial charge >= 0.3 is 0 Å². The molecule has 0 bridgehead atoms. The van der Waals surface area contributed by atoms with Crippen LogP contribution < -0.4 is 16.4 Å². The number of carbonyl (C=O) groups is 1. The van der Waals surface area contributed by atoms with Gasteiger partial charge < -0.3 is 67.1 Å². The van der Waals surface area contributed by atoms with Crippen molar-refractivity contribution in [1.82, 2.24) is 10.6 Å². The highest BCUT2D eigenvalue weighted by Gasteiger charge is 2.75. The summed E-state index contributed by atoms with van der Waals surface area (Å²) < 4.78 is 6.97. The highest BCUT2D eigenvalue weighted by atomic mass is 16.5. The number of fused-ring (bicyclic) bond motifs is 8. The zero-order valence-electron chi connectivity index (χ0n) is 39.3. The monoisotopic (exact) mass is 914 g/mol. The van der Waals surface area contributed by atoms with Gasteiger partial charge in [0.2, 0.25) is 0 Å². The van der Waals surface area contributed by atoms with Crippen LogP contribution in [-0.4, -0.2) is 131 Å². The number of nitrogens with two attached hydrogens (primary N) is 1. The molecule has 8 rings (SSSR count). The summed E-state index contributed by atoms with van der Waals surface area (Å²) in [6, 6.07) is 0. The molecular weight excluding hydrogens is 831 g/mol. The summed E-state index contributed by atoms with van der Waals surface area (Å²) in [6.45, 7) is 5.23. The number of hydrogen-bond donors (Lipinski definition) is 12. The van der Waals surface area contributed by atoms with Crippen LogP contribution in [0.1, 0.15) is 149 Å². The third kappa shape index (κ3) is 8.21. The Kier molecular flexibility index (Phi) is 14.5. The van der Waals surface area contributed by atoms with Gasteiger partial charge in [0, 0.05) is 42.7 Å². The van der Waals surface area contributed by atoms with E-state index in [1.54, 1.807) is 13.8 Å². The maximum Gasteiger partial charge on any atom is 0.182 e. The average molecular weight is 914 g/mol. The van der Waals surface area contributed by atoms with Crippen LogP contribution in [0.3, 0.4) is 0 Å². The molecule has 8 aliphatic rings. The lowest BCUT2D eigenvalue weighted by atomic mass is 9.42. The molecule has 0 spiro atoms. The van der Waals surface area contributed by atoms with Crippen molar-refractivity contribution in [3.8, 4) is 0 Å². The van der Waals surface area contributed by atoms with Crippen molar-refractivity contribution in [3.05, 3.63) is 34.7 Å². The van der Waals surface area contributed by atoms with Crippen LogP contribution in [0.4, 0.5) is 0 Å². The van der Waals surface area contributed by atoms with E-state index in [0.717, 1.165) is 49.8 Å². The molecule has 6 fully saturated rings. The average Bonchev–Trinajstić information content (AvgIpc) is 3.67. The number of allylic oxidation sites excluding steroid dienone is 4. The largest absolute Gasteiger partial charge is 0.396 e. The molecule has 5 saturated carbocycles. The number of rotatable bonds is 15. The Morgan fingerprint density at radius 2 is 1.72 bits per heavy atom. The first-order valence-electron chi connectivity index (χ1n) is 25.6. The molecule has 14 nitrogen and oxygen atoms in total. The minimum Gasteiger partial charge on any atom is -0.396 e. The Bertz CT molecular complexity index is 1820. The van der Waals surface area contributed by atoms with Gasteiger partial charge in [-0.05, 0) is 169 Å². The second-order valence-corrected chi connectivity index (χ2v) is 22.5.